The highest BCUT2D eigenvalue weighted by atomic mass is 32.2. The summed E-state index contributed by atoms with van der Waals surface area (Å²) in [5, 5.41) is -0.257. The maximum absolute atomic E-state index is 12.5. The summed E-state index contributed by atoms with van der Waals surface area (Å²) in [6.07, 6.45) is 2.75. The van der Waals surface area contributed by atoms with Gasteiger partial charge >= 0.3 is 0 Å². The highest BCUT2D eigenvalue weighted by Gasteiger charge is 2.36. The van der Waals surface area contributed by atoms with Crippen molar-refractivity contribution in [3.05, 3.63) is 70.6 Å². The maximum atomic E-state index is 12.5. The van der Waals surface area contributed by atoms with Crippen molar-refractivity contribution in [3.8, 4) is 0 Å². The SMILES string of the molecule is CCc1ccc(/C=C2/SC(=O)N(c3ccccc3)C2=O)cc1. The molecule has 0 aliphatic carbocycles. The number of nitrogens with zero attached hydrogens (tertiary/aromatic N) is 1. The molecule has 3 rings (SSSR count). The lowest BCUT2D eigenvalue weighted by molar-refractivity contribution is -0.113. The van der Waals surface area contributed by atoms with Gasteiger partial charge in [0.1, 0.15) is 0 Å². The number of hydrogen-bond acceptors (Lipinski definition) is 3. The Balaban J connectivity index is 1.88. The first kappa shape index (κ1) is 14.6. The highest BCUT2D eigenvalue weighted by molar-refractivity contribution is 8.19. The zero-order valence-corrected chi connectivity index (χ0v) is 13.0. The normalized spacial score (nSPS) is 16.6. The second-order valence-corrected chi connectivity index (χ2v) is 5.94. The summed E-state index contributed by atoms with van der Waals surface area (Å²) in [7, 11) is 0. The van der Waals surface area contributed by atoms with Gasteiger partial charge in [-0.15, -0.1) is 0 Å². The van der Waals surface area contributed by atoms with E-state index in [1.807, 2.05) is 42.5 Å². The average Bonchev–Trinajstić information content (AvgIpc) is 2.83. The second-order valence-electron chi connectivity index (χ2n) is 4.95. The quantitative estimate of drug-likeness (QED) is 0.784. The van der Waals surface area contributed by atoms with E-state index in [0.29, 0.717) is 10.6 Å². The minimum absolute atomic E-state index is 0.257. The molecule has 1 fully saturated rings. The third kappa shape index (κ3) is 2.83. The van der Waals surface area contributed by atoms with Crippen LogP contribution in [0.4, 0.5) is 10.5 Å². The van der Waals surface area contributed by atoms with E-state index in [2.05, 4.69) is 6.92 Å². The first-order chi connectivity index (χ1) is 10.7. The molecule has 0 saturated carbocycles. The Kier molecular flexibility index (Phi) is 4.11. The van der Waals surface area contributed by atoms with E-state index in [4.69, 9.17) is 0 Å². The average molecular weight is 309 g/mol. The molecule has 22 heavy (non-hydrogen) atoms. The number of imide groups is 1. The summed E-state index contributed by atoms with van der Waals surface area (Å²) in [4.78, 5) is 26.2. The van der Waals surface area contributed by atoms with Gasteiger partial charge in [-0.05, 0) is 47.5 Å². The van der Waals surface area contributed by atoms with Crippen molar-refractivity contribution in [1.29, 1.82) is 0 Å². The van der Waals surface area contributed by atoms with E-state index in [0.717, 1.165) is 23.7 Å². The third-order valence-corrected chi connectivity index (χ3v) is 4.36. The number of aryl methyl sites for hydroxylation is 1. The minimum atomic E-state index is -0.263. The van der Waals surface area contributed by atoms with E-state index in [1.54, 1.807) is 18.2 Å². The molecule has 3 nitrogen and oxygen atoms in total. The van der Waals surface area contributed by atoms with E-state index in [1.165, 1.54) is 10.5 Å². The molecule has 2 amide bonds. The predicted molar refractivity (Wildman–Crippen MR) is 90.7 cm³/mol. The molecular weight excluding hydrogens is 294 g/mol. The van der Waals surface area contributed by atoms with Gasteiger partial charge in [-0.2, -0.15) is 0 Å². The first-order valence-corrected chi connectivity index (χ1v) is 7.92. The lowest BCUT2D eigenvalue weighted by Gasteiger charge is -2.11. The van der Waals surface area contributed by atoms with E-state index in [-0.39, 0.29) is 11.1 Å². The Bertz CT molecular complexity index is 735. The second kappa shape index (κ2) is 6.20. The smallest absolute Gasteiger partial charge is 0.268 e. The topological polar surface area (TPSA) is 37.4 Å². The molecule has 110 valence electrons. The molecule has 2 aromatic carbocycles. The fraction of sp³-hybridized carbons (Fsp3) is 0.111. The molecule has 0 atom stereocenters. The van der Waals surface area contributed by atoms with Gasteiger partial charge in [-0.1, -0.05) is 49.4 Å². The fourth-order valence-electron chi connectivity index (χ4n) is 2.27. The number of para-hydroxylation sites is 1. The molecule has 4 heteroatoms. The number of benzene rings is 2. The van der Waals surface area contributed by atoms with Crippen LogP contribution in [0.5, 0.6) is 0 Å². The number of amides is 2. The number of carbonyl (C=O) groups excluding carboxylic acids is 2. The standard InChI is InChI=1S/C18H15NO2S/c1-2-13-8-10-14(11-9-13)12-16-17(20)19(18(21)22-16)15-6-4-3-5-7-15/h3-12H,2H2,1H3/b16-12+. The molecular formula is C18H15NO2S. The van der Waals surface area contributed by atoms with Crippen LogP contribution in [0.2, 0.25) is 0 Å². The van der Waals surface area contributed by atoms with Crippen LogP contribution in [0.15, 0.2) is 59.5 Å². The molecule has 0 unspecified atom stereocenters. The molecule has 0 aromatic heterocycles. The van der Waals surface area contributed by atoms with Gasteiger partial charge in [0.15, 0.2) is 0 Å². The van der Waals surface area contributed by atoms with Crippen molar-refractivity contribution in [2.24, 2.45) is 0 Å². The number of thioether (sulfide) groups is 1. The van der Waals surface area contributed by atoms with E-state index < -0.39 is 0 Å². The third-order valence-electron chi connectivity index (χ3n) is 3.49. The van der Waals surface area contributed by atoms with Crippen molar-refractivity contribution < 1.29 is 9.59 Å². The Morgan fingerprint density at radius 2 is 1.68 bits per heavy atom. The van der Waals surface area contributed by atoms with Crippen molar-refractivity contribution in [3.63, 3.8) is 0 Å². The number of rotatable bonds is 3. The van der Waals surface area contributed by atoms with E-state index >= 15 is 0 Å². The molecule has 0 bridgehead atoms. The van der Waals surface area contributed by atoms with Gasteiger partial charge in [0.25, 0.3) is 11.1 Å². The van der Waals surface area contributed by atoms with Gasteiger partial charge in [0.2, 0.25) is 0 Å². The van der Waals surface area contributed by atoms with Crippen LogP contribution >= 0.6 is 11.8 Å². The number of anilines is 1. The van der Waals surface area contributed by atoms with Crippen molar-refractivity contribution >= 4 is 34.7 Å². The fourth-order valence-corrected chi connectivity index (χ4v) is 3.11. The minimum Gasteiger partial charge on any atom is -0.268 e. The molecule has 1 saturated heterocycles. The van der Waals surface area contributed by atoms with Gasteiger partial charge in [0, 0.05) is 0 Å². The van der Waals surface area contributed by atoms with Gasteiger partial charge < -0.3 is 0 Å². The van der Waals surface area contributed by atoms with Crippen LogP contribution in [0, 0.1) is 0 Å². The Morgan fingerprint density at radius 1 is 1.00 bits per heavy atom. The lowest BCUT2D eigenvalue weighted by Crippen LogP contribution is -2.27. The van der Waals surface area contributed by atoms with Gasteiger partial charge in [0.05, 0.1) is 10.6 Å². The Labute approximate surface area is 133 Å². The zero-order chi connectivity index (χ0) is 15.5. The van der Waals surface area contributed by atoms with Crippen LogP contribution < -0.4 is 4.90 Å². The van der Waals surface area contributed by atoms with Gasteiger partial charge in [-0.25, -0.2) is 4.90 Å². The molecule has 0 N–H and O–H groups in total. The van der Waals surface area contributed by atoms with Gasteiger partial charge in [-0.3, -0.25) is 9.59 Å². The largest absolute Gasteiger partial charge is 0.298 e. The Morgan fingerprint density at radius 3 is 2.32 bits per heavy atom. The summed E-state index contributed by atoms with van der Waals surface area (Å²) < 4.78 is 0. The highest BCUT2D eigenvalue weighted by Crippen LogP contribution is 2.35. The summed E-state index contributed by atoms with van der Waals surface area (Å²) >= 11 is 0.980. The van der Waals surface area contributed by atoms with Crippen LogP contribution in [0.1, 0.15) is 18.1 Å². The molecule has 1 heterocycles. The number of hydrogen-bond donors (Lipinski definition) is 0. The first-order valence-electron chi connectivity index (χ1n) is 7.11. The van der Waals surface area contributed by atoms with Crippen molar-refractivity contribution in [2.75, 3.05) is 4.90 Å². The number of carbonyl (C=O) groups is 2. The molecule has 0 spiro atoms. The molecule has 0 radical (unpaired) electrons. The van der Waals surface area contributed by atoms with Crippen LogP contribution in [-0.4, -0.2) is 11.1 Å². The van der Waals surface area contributed by atoms with Crippen molar-refractivity contribution in [2.45, 2.75) is 13.3 Å². The summed E-state index contributed by atoms with van der Waals surface area (Å²) in [5.41, 5.74) is 2.78. The summed E-state index contributed by atoms with van der Waals surface area (Å²) in [6, 6.07) is 17.0. The monoisotopic (exact) mass is 309 g/mol. The molecule has 1 aliphatic heterocycles. The van der Waals surface area contributed by atoms with E-state index in [9.17, 15) is 9.59 Å². The summed E-state index contributed by atoms with van der Waals surface area (Å²) in [6.45, 7) is 2.10. The van der Waals surface area contributed by atoms with Crippen LogP contribution in [0.25, 0.3) is 6.08 Å². The zero-order valence-electron chi connectivity index (χ0n) is 12.2. The molecule has 1 aliphatic rings. The van der Waals surface area contributed by atoms with Crippen molar-refractivity contribution in [1.82, 2.24) is 0 Å². The summed E-state index contributed by atoms with van der Waals surface area (Å²) in [5.74, 6) is -0.263. The van der Waals surface area contributed by atoms with Crippen LogP contribution in [-0.2, 0) is 11.2 Å². The predicted octanol–water partition coefficient (Wildman–Crippen LogP) is 4.49. The molecule has 2 aromatic rings. The maximum Gasteiger partial charge on any atom is 0.298 e. The lowest BCUT2D eigenvalue weighted by atomic mass is 10.1. The Hall–Kier alpha value is -2.33. The van der Waals surface area contributed by atoms with Crippen LogP contribution in [0.3, 0.4) is 0 Å².